The van der Waals surface area contributed by atoms with Crippen LogP contribution in [0.15, 0.2) is 17.5 Å². The number of fused-ring (bicyclic) bond motifs is 1. The first-order valence-electron chi connectivity index (χ1n) is 4.46. The molecule has 0 saturated carbocycles. The molecule has 1 aromatic carbocycles. The van der Waals surface area contributed by atoms with Crippen molar-refractivity contribution in [1.29, 1.82) is 5.26 Å². The van der Waals surface area contributed by atoms with Gasteiger partial charge in [0, 0.05) is 4.70 Å². The Morgan fingerprint density at radius 2 is 2.29 bits per heavy atom. The Labute approximate surface area is 86.6 Å². The number of rotatable bonds is 1. The third-order valence-electron chi connectivity index (χ3n) is 2.33. The van der Waals surface area contributed by atoms with Gasteiger partial charge in [0.25, 0.3) is 0 Å². The zero-order valence-corrected chi connectivity index (χ0v) is 8.69. The number of hydrogen-bond donors (Lipinski definition) is 1. The van der Waals surface area contributed by atoms with E-state index in [1.807, 2.05) is 12.1 Å². The number of benzene rings is 1. The summed E-state index contributed by atoms with van der Waals surface area (Å²) in [6, 6.07) is 5.88. The van der Waals surface area contributed by atoms with E-state index in [4.69, 9.17) is 11.0 Å². The van der Waals surface area contributed by atoms with Crippen LogP contribution in [0.25, 0.3) is 10.1 Å². The Morgan fingerprint density at radius 1 is 1.50 bits per heavy atom. The van der Waals surface area contributed by atoms with E-state index in [9.17, 15) is 0 Å². The zero-order chi connectivity index (χ0) is 10.1. The van der Waals surface area contributed by atoms with Gasteiger partial charge in [-0.05, 0) is 34.9 Å². The summed E-state index contributed by atoms with van der Waals surface area (Å²) in [6.45, 7) is 2.11. The fourth-order valence-corrected chi connectivity index (χ4v) is 2.59. The number of hydrogen-bond acceptors (Lipinski definition) is 3. The summed E-state index contributed by atoms with van der Waals surface area (Å²) < 4.78 is 1.17. The molecule has 0 bridgehead atoms. The van der Waals surface area contributed by atoms with Gasteiger partial charge >= 0.3 is 0 Å². The minimum atomic E-state index is 0.574. The molecule has 0 radical (unpaired) electrons. The average Bonchev–Trinajstić information content (AvgIpc) is 2.58. The molecule has 2 nitrogen and oxygen atoms in total. The van der Waals surface area contributed by atoms with E-state index < -0.39 is 0 Å². The van der Waals surface area contributed by atoms with Crippen LogP contribution in [0, 0.1) is 11.3 Å². The lowest BCUT2D eigenvalue weighted by Crippen LogP contribution is -1.89. The first-order valence-corrected chi connectivity index (χ1v) is 5.34. The zero-order valence-electron chi connectivity index (χ0n) is 7.87. The molecule has 0 aliphatic carbocycles. The summed E-state index contributed by atoms with van der Waals surface area (Å²) in [5.74, 6) is 0. The van der Waals surface area contributed by atoms with Crippen LogP contribution in [-0.2, 0) is 6.42 Å². The predicted molar refractivity (Wildman–Crippen MR) is 60.3 cm³/mol. The van der Waals surface area contributed by atoms with Crippen LogP contribution < -0.4 is 5.73 Å². The van der Waals surface area contributed by atoms with E-state index in [0.29, 0.717) is 11.3 Å². The normalized spacial score (nSPS) is 10.3. The van der Waals surface area contributed by atoms with Crippen molar-refractivity contribution in [1.82, 2.24) is 0 Å². The van der Waals surface area contributed by atoms with Crippen LogP contribution >= 0.6 is 11.3 Å². The van der Waals surface area contributed by atoms with Crippen molar-refractivity contribution in [3.63, 3.8) is 0 Å². The van der Waals surface area contributed by atoms with Crippen LogP contribution in [0.3, 0.4) is 0 Å². The average molecular weight is 202 g/mol. The molecular formula is C11H10N2S. The number of nitrogens with zero attached hydrogens (tertiary/aromatic N) is 1. The van der Waals surface area contributed by atoms with Crippen LogP contribution in [0.5, 0.6) is 0 Å². The van der Waals surface area contributed by atoms with Gasteiger partial charge in [0.05, 0.1) is 11.3 Å². The van der Waals surface area contributed by atoms with Crippen LogP contribution in [0.4, 0.5) is 5.69 Å². The largest absolute Gasteiger partial charge is 0.398 e. The lowest BCUT2D eigenvalue weighted by atomic mass is 10.1. The minimum absolute atomic E-state index is 0.574. The summed E-state index contributed by atoms with van der Waals surface area (Å²) in [6.07, 6.45) is 0.995. The molecule has 0 atom stereocenters. The number of thiophene rings is 1. The van der Waals surface area contributed by atoms with Gasteiger partial charge in [-0.2, -0.15) is 5.26 Å². The second kappa shape index (κ2) is 3.32. The van der Waals surface area contributed by atoms with Gasteiger partial charge in [-0.25, -0.2) is 0 Å². The topological polar surface area (TPSA) is 49.8 Å². The smallest absolute Gasteiger partial charge is 0.101 e. The van der Waals surface area contributed by atoms with Gasteiger partial charge < -0.3 is 5.73 Å². The molecule has 0 spiro atoms. The van der Waals surface area contributed by atoms with E-state index >= 15 is 0 Å². The molecule has 1 heterocycles. The van der Waals surface area contributed by atoms with Gasteiger partial charge in [-0.1, -0.05) is 6.92 Å². The van der Waals surface area contributed by atoms with E-state index in [1.165, 1.54) is 15.6 Å². The molecule has 0 amide bonds. The predicted octanol–water partition coefficient (Wildman–Crippen LogP) is 2.92. The number of nitriles is 1. The maximum atomic E-state index is 8.85. The van der Waals surface area contributed by atoms with Crippen molar-refractivity contribution in [2.75, 3.05) is 5.73 Å². The molecule has 70 valence electrons. The van der Waals surface area contributed by atoms with E-state index in [0.717, 1.165) is 6.42 Å². The Kier molecular flexibility index (Phi) is 2.14. The van der Waals surface area contributed by atoms with Crippen molar-refractivity contribution >= 4 is 27.1 Å². The fourth-order valence-electron chi connectivity index (χ4n) is 1.51. The monoisotopic (exact) mass is 202 g/mol. The highest BCUT2D eigenvalue weighted by molar-refractivity contribution is 7.17. The third kappa shape index (κ3) is 1.24. The second-order valence-electron chi connectivity index (χ2n) is 3.16. The number of nitrogens with two attached hydrogens (primary N) is 1. The second-order valence-corrected chi connectivity index (χ2v) is 4.07. The van der Waals surface area contributed by atoms with Gasteiger partial charge in [0.1, 0.15) is 6.07 Å². The summed E-state index contributed by atoms with van der Waals surface area (Å²) >= 11 is 1.68. The van der Waals surface area contributed by atoms with Gasteiger partial charge in [-0.15, -0.1) is 11.3 Å². The summed E-state index contributed by atoms with van der Waals surface area (Å²) in [7, 11) is 0. The molecule has 0 saturated heterocycles. The fraction of sp³-hybridized carbons (Fsp3) is 0.182. The summed E-state index contributed by atoms with van der Waals surface area (Å²) in [5.41, 5.74) is 8.17. The van der Waals surface area contributed by atoms with Gasteiger partial charge in [-0.3, -0.25) is 0 Å². The lowest BCUT2D eigenvalue weighted by Gasteiger charge is -1.98. The molecule has 0 fully saturated rings. The van der Waals surface area contributed by atoms with Crippen molar-refractivity contribution in [2.45, 2.75) is 13.3 Å². The third-order valence-corrected chi connectivity index (χ3v) is 3.32. The quantitative estimate of drug-likeness (QED) is 0.723. The molecule has 2 rings (SSSR count). The van der Waals surface area contributed by atoms with E-state index in [2.05, 4.69) is 18.4 Å². The molecule has 0 aliphatic heterocycles. The van der Waals surface area contributed by atoms with E-state index in [1.54, 1.807) is 11.3 Å². The summed E-state index contributed by atoms with van der Waals surface area (Å²) in [5, 5.41) is 12.2. The Morgan fingerprint density at radius 3 is 2.93 bits per heavy atom. The SMILES string of the molecule is CCc1csc2cc(N)c(C#N)cc12. The molecule has 14 heavy (non-hydrogen) atoms. The van der Waals surface area contributed by atoms with Gasteiger partial charge in [0.2, 0.25) is 0 Å². The molecule has 1 aromatic heterocycles. The van der Waals surface area contributed by atoms with Crippen molar-refractivity contribution in [3.05, 3.63) is 28.6 Å². The van der Waals surface area contributed by atoms with Crippen molar-refractivity contribution < 1.29 is 0 Å². The molecule has 2 aromatic rings. The Bertz CT molecular complexity index is 520. The maximum absolute atomic E-state index is 8.85. The van der Waals surface area contributed by atoms with Crippen LogP contribution in [-0.4, -0.2) is 0 Å². The molecule has 0 aliphatic rings. The number of anilines is 1. The van der Waals surface area contributed by atoms with Crippen LogP contribution in [0.1, 0.15) is 18.1 Å². The maximum Gasteiger partial charge on any atom is 0.101 e. The Balaban J connectivity index is 2.78. The number of aryl methyl sites for hydroxylation is 1. The Hall–Kier alpha value is -1.53. The minimum Gasteiger partial charge on any atom is -0.398 e. The first-order chi connectivity index (χ1) is 6.76. The molecule has 0 unspecified atom stereocenters. The van der Waals surface area contributed by atoms with Crippen molar-refractivity contribution in [2.24, 2.45) is 0 Å². The number of nitrogen functional groups attached to an aromatic ring is 1. The van der Waals surface area contributed by atoms with Gasteiger partial charge in [0.15, 0.2) is 0 Å². The molecular weight excluding hydrogens is 192 g/mol. The summed E-state index contributed by atoms with van der Waals surface area (Å²) in [4.78, 5) is 0. The van der Waals surface area contributed by atoms with Crippen molar-refractivity contribution in [3.8, 4) is 6.07 Å². The standard InChI is InChI=1S/C11H10N2S/c1-2-7-6-14-11-4-10(13)8(5-12)3-9(7)11/h3-4,6H,2,13H2,1H3. The van der Waals surface area contributed by atoms with E-state index in [-0.39, 0.29) is 0 Å². The highest BCUT2D eigenvalue weighted by Gasteiger charge is 2.06. The first kappa shape index (κ1) is 9.04. The highest BCUT2D eigenvalue weighted by atomic mass is 32.1. The molecule has 2 N–H and O–H groups in total. The molecule has 3 heteroatoms. The lowest BCUT2D eigenvalue weighted by molar-refractivity contribution is 1.17. The highest BCUT2D eigenvalue weighted by Crippen LogP contribution is 2.30. The van der Waals surface area contributed by atoms with Crippen LogP contribution in [0.2, 0.25) is 0 Å².